The number of H-pyrrole nitrogens is 1. The lowest BCUT2D eigenvalue weighted by Crippen LogP contribution is -2.47. The van der Waals surface area contributed by atoms with Gasteiger partial charge in [0.15, 0.2) is 0 Å². The van der Waals surface area contributed by atoms with Crippen LogP contribution in [0.15, 0.2) is 72.8 Å². The Morgan fingerprint density at radius 3 is 2.57 bits per heavy atom. The van der Waals surface area contributed by atoms with Gasteiger partial charge in [0.05, 0.1) is 5.56 Å². The van der Waals surface area contributed by atoms with Gasteiger partial charge in [-0.3, -0.25) is 4.79 Å². The third-order valence-electron chi connectivity index (χ3n) is 6.77. The Kier molecular flexibility index (Phi) is 6.41. The molecule has 1 amide bonds. The monoisotopic (exact) mass is 506 g/mol. The summed E-state index contributed by atoms with van der Waals surface area (Å²) in [5.74, 6) is 0.297. The number of alkyl halides is 3. The second-order valence-electron chi connectivity index (χ2n) is 9.41. The molecule has 1 saturated heterocycles. The fraction of sp³-hybridized carbons (Fsp3) is 0.259. The maximum Gasteiger partial charge on any atom is 0.416 e. The highest BCUT2D eigenvalue weighted by Crippen LogP contribution is 2.38. The van der Waals surface area contributed by atoms with Crippen LogP contribution >= 0.6 is 0 Å². The highest BCUT2D eigenvalue weighted by Gasteiger charge is 2.42. The molecule has 0 bridgehead atoms. The number of rotatable bonds is 6. The molecule has 2 heterocycles. The Morgan fingerprint density at radius 2 is 1.84 bits per heavy atom. The molecule has 1 atom stereocenters. The zero-order valence-corrected chi connectivity index (χ0v) is 20.1. The van der Waals surface area contributed by atoms with Crippen LogP contribution in [-0.2, 0) is 12.6 Å². The molecule has 1 unspecified atom stereocenters. The Morgan fingerprint density at radius 1 is 1.05 bits per heavy atom. The predicted octanol–water partition coefficient (Wildman–Crippen LogP) is 5.87. The lowest BCUT2D eigenvalue weighted by atomic mass is 9.87. The Balaban J connectivity index is 1.33. The van der Waals surface area contributed by atoms with Crippen LogP contribution in [0.5, 0.6) is 0 Å². The number of amides is 1. The molecule has 0 spiro atoms. The molecule has 1 aromatic heterocycles. The van der Waals surface area contributed by atoms with E-state index in [1.54, 1.807) is 29.2 Å². The van der Waals surface area contributed by atoms with Gasteiger partial charge in [-0.25, -0.2) is 0 Å². The minimum Gasteiger partial charge on any atom is -0.356 e. The zero-order chi connectivity index (χ0) is 26.0. The van der Waals surface area contributed by atoms with E-state index in [-0.39, 0.29) is 17.9 Å². The molecule has 1 aliphatic heterocycles. The van der Waals surface area contributed by atoms with Gasteiger partial charge in [0.25, 0.3) is 5.91 Å². The van der Waals surface area contributed by atoms with E-state index < -0.39 is 17.3 Å². The average Bonchev–Trinajstić information content (AvgIpc) is 3.54. The number of aromatic nitrogens is 4. The number of halogens is 3. The molecular formula is C27H25F3N6O. The molecule has 4 aromatic rings. The third-order valence-corrected chi connectivity index (χ3v) is 6.77. The number of nitrogens with one attached hydrogen (secondary N) is 2. The number of benzene rings is 3. The van der Waals surface area contributed by atoms with Crippen LogP contribution in [0.1, 0.15) is 41.3 Å². The predicted molar refractivity (Wildman–Crippen MR) is 133 cm³/mol. The first kappa shape index (κ1) is 24.5. The molecular weight excluding hydrogens is 481 g/mol. The number of likely N-dealkylation sites (tertiary alicyclic amines) is 1. The summed E-state index contributed by atoms with van der Waals surface area (Å²) in [6, 6.07) is 20.2. The minimum atomic E-state index is -4.44. The number of hydrogen-bond donors (Lipinski definition) is 2. The van der Waals surface area contributed by atoms with Gasteiger partial charge < -0.3 is 10.2 Å². The van der Waals surface area contributed by atoms with E-state index in [0.29, 0.717) is 24.4 Å². The summed E-state index contributed by atoms with van der Waals surface area (Å²) >= 11 is 0. The van der Waals surface area contributed by atoms with Crippen LogP contribution in [-0.4, -0.2) is 43.5 Å². The molecule has 37 heavy (non-hydrogen) atoms. The smallest absolute Gasteiger partial charge is 0.356 e. The van der Waals surface area contributed by atoms with E-state index in [4.69, 9.17) is 0 Å². The van der Waals surface area contributed by atoms with Crippen molar-refractivity contribution in [3.63, 3.8) is 0 Å². The maximum atomic E-state index is 13.6. The molecule has 7 nitrogen and oxygen atoms in total. The van der Waals surface area contributed by atoms with E-state index in [0.717, 1.165) is 29.4 Å². The van der Waals surface area contributed by atoms with Crippen molar-refractivity contribution in [2.24, 2.45) is 0 Å². The summed E-state index contributed by atoms with van der Waals surface area (Å²) in [6.07, 6.45) is -2.93. The van der Waals surface area contributed by atoms with Crippen molar-refractivity contribution in [3.05, 3.63) is 89.5 Å². The average molecular weight is 507 g/mol. The minimum absolute atomic E-state index is 0.138. The van der Waals surface area contributed by atoms with Crippen molar-refractivity contribution < 1.29 is 18.0 Å². The molecule has 0 aliphatic carbocycles. The van der Waals surface area contributed by atoms with E-state index in [1.165, 1.54) is 12.1 Å². The summed E-state index contributed by atoms with van der Waals surface area (Å²) in [6.45, 7) is 2.37. The zero-order valence-electron chi connectivity index (χ0n) is 20.1. The molecule has 10 heteroatoms. The Labute approximate surface area is 211 Å². The van der Waals surface area contributed by atoms with Crippen LogP contribution < -0.4 is 5.32 Å². The van der Waals surface area contributed by atoms with Crippen molar-refractivity contribution in [3.8, 4) is 11.4 Å². The van der Waals surface area contributed by atoms with E-state index in [2.05, 4.69) is 25.9 Å². The lowest BCUT2D eigenvalue weighted by molar-refractivity contribution is -0.138. The van der Waals surface area contributed by atoms with Crippen molar-refractivity contribution in [2.75, 3.05) is 11.9 Å². The number of carbonyl (C=O) groups is 1. The second kappa shape index (κ2) is 9.68. The Bertz CT molecular complexity index is 1390. The van der Waals surface area contributed by atoms with Gasteiger partial charge in [0, 0.05) is 34.6 Å². The van der Waals surface area contributed by atoms with Gasteiger partial charge >= 0.3 is 6.18 Å². The molecule has 5 rings (SSSR count). The summed E-state index contributed by atoms with van der Waals surface area (Å²) < 4.78 is 40.8. The van der Waals surface area contributed by atoms with Crippen LogP contribution in [0.25, 0.3) is 11.4 Å². The van der Waals surface area contributed by atoms with Gasteiger partial charge in [0.2, 0.25) is 5.82 Å². The molecule has 3 aromatic carbocycles. The van der Waals surface area contributed by atoms with Gasteiger partial charge in [-0.15, -0.1) is 10.2 Å². The summed E-state index contributed by atoms with van der Waals surface area (Å²) in [5, 5.41) is 17.2. The lowest BCUT2D eigenvalue weighted by Gasteiger charge is -2.36. The number of nitrogens with zero attached hydrogens (tertiary/aromatic N) is 4. The summed E-state index contributed by atoms with van der Waals surface area (Å²) in [5.41, 5.74) is 1.67. The van der Waals surface area contributed by atoms with Crippen molar-refractivity contribution in [1.82, 2.24) is 25.5 Å². The number of tetrazole rings is 1. The largest absolute Gasteiger partial charge is 0.416 e. The second-order valence-corrected chi connectivity index (χ2v) is 9.41. The van der Waals surface area contributed by atoms with E-state index in [9.17, 15) is 18.0 Å². The number of aromatic amines is 1. The van der Waals surface area contributed by atoms with Gasteiger partial charge in [0.1, 0.15) is 0 Å². The third kappa shape index (κ3) is 5.18. The first-order chi connectivity index (χ1) is 17.7. The van der Waals surface area contributed by atoms with Crippen LogP contribution in [0, 0.1) is 0 Å². The standard InChI is InChI=1S/C27H25F3N6O/c1-26(17-20-6-2-3-9-23(20)27(28,29)30)14-5-15-36(26)25(37)19-7-4-8-22(16-19)31-21-12-10-18(11-13-21)24-32-34-35-33-24/h2-4,6-13,16,31H,5,14-15,17H2,1H3,(H,32,33,34,35). The number of carbonyl (C=O) groups excluding carboxylic acids is 1. The quantitative estimate of drug-likeness (QED) is 0.342. The molecule has 0 saturated carbocycles. The van der Waals surface area contributed by atoms with Crippen LogP contribution in [0.3, 0.4) is 0 Å². The highest BCUT2D eigenvalue weighted by atomic mass is 19.4. The number of hydrogen-bond acceptors (Lipinski definition) is 5. The molecule has 2 N–H and O–H groups in total. The normalized spacial score (nSPS) is 17.7. The SMILES string of the molecule is CC1(Cc2ccccc2C(F)(F)F)CCCN1C(=O)c1cccc(Nc2ccc(-c3nn[nH]n3)cc2)c1. The maximum absolute atomic E-state index is 13.6. The first-order valence-corrected chi connectivity index (χ1v) is 11.9. The topological polar surface area (TPSA) is 86.8 Å². The fourth-order valence-electron chi connectivity index (χ4n) is 4.95. The fourth-order valence-corrected chi connectivity index (χ4v) is 4.95. The Hall–Kier alpha value is -4.21. The molecule has 1 fully saturated rings. The molecule has 190 valence electrons. The van der Waals surface area contributed by atoms with Crippen LogP contribution in [0.4, 0.5) is 24.5 Å². The van der Waals surface area contributed by atoms with Crippen molar-refractivity contribution in [1.29, 1.82) is 0 Å². The van der Waals surface area contributed by atoms with Gasteiger partial charge in [-0.1, -0.05) is 24.3 Å². The molecule has 0 radical (unpaired) electrons. The highest BCUT2D eigenvalue weighted by molar-refractivity contribution is 5.96. The summed E-state index contributed by atoms with van der Waals surface area (Å²) in [4.78, 5) is 15.3. The first-order valence-electron chi connectivity index (χ1n) is 11.9. The van der Waals surface area contributed by atoms with Gasteiger partial charge in [-0.05, 0) is 85.5 Å². The van der Waals surface area contributed by atoms with Crippen molar-refractivity contribution in [2.45, 2.75) is 37.9 Å². The van der Waals surface area contributed by atoms with Gasteiger partial charge in [-0.2, -0.15) is 18.4 Å². The van der Waals surface area contributed by atoms with E-state index in [1.807, 2.05) is 37.3 Å². The van der Waals surface area contributed by atoms with Crippen molar-refractivity contribution >= 4 is 17.3 Å². The molecule has 1 aliphatic rings. The van der Waals surface area contributed by atoms with E-state index >= 15 is 0 Å². The van der Waals surface area contributed by atoms with Crippen LogP contribution in [0.2, 0.25) is 0 Å². The number of anilines is 2. The summed E-state index contributed by atoms with van der Waals surface area (Å²) in [7, 11) is 0.